The fourth-order valence-electron chi connectivity index (χ4n) is 2.02. The first-order chi connectivity index (χ1) is 8.08. The maximum Gasteiger partial charge on any atom is 0.153 e. The number of rotatable bonds is 7. The molecule has 0 aliphatic carbocycles. The van der Waals surface area contributed by atoms with Gasteiger partial charge in [0.25, 0.3) is 0 Å². The van der Waals surface area contributed by atoms with Crippen molar-refractivity contribution < 1.29 is 0 Å². The summed E-state index contributed by atoms with van der Waals surface area (Å²) in [7, 11) is 1.98. The van der Waals surface area contributed by atoms with Crippen LogP contribution in [0.15, 0.2) is 0 Å². The van der Waals surface area contributed by atoms with Crippen molar-refractivity contribution in [3.05, 3.63) is 11.6 Å². The van der Waals surface area contributed by atoms with Gasteiger partial charge >= 0.3 is 0 Å². The summed E-state index contributed by atoms with van der Waals surface area (Å²) in [4.78, 5) is 4.60. The predicted molar refractivity (Wildman–Crippen MR) is 70.9 cm³/mol. The summed E-state index contributed by atoms with van der Waals surface area (Å²) in [6.07, 6.45) is 4.49. The molecule has 0 radical (unpaired) electrons. The van der Waals surface area contributed by atoms with Crippen molar-refractivity contribution in [3.8, 4) is 0 Å². The quantitative estimate of drug-likeness (QED) is 0.792. The molecule has 4 heteroatoms. The van der Waals surface area contributed by atoms with E-state index in [-0.39, 0.29) is 0 Å². The van der Waals surface area contributed by atoms with Gasteiger partial charge in [0.2, 0.25) is 0 Å². The highest BCUT2D eigenvalue weighted by Crippen LogP contribution is 2.16. The van der Waals surface area contributed by atoms with Gasteiger partial charge in [0.05, 0.1) is 0 Å². The van der Waals surface area contributed by atoms with E-state index in [2.05, 4.69) is 30.9 Å². The summed E-state index contributed by atoms with van der Waals surface area (Å²) in [6.45, 7) is 7.27. The Kier molecular flexibility index (Phi) is 5.62. The van der Waals surface area contributed by atoms with E-state index in [9.17, 15) is 0 Å². The number of nitrogens with zero attached hydrogens (tertiary/aromatic N) is 3. The molecule has 2 N–H and O–H groups in total. The number of hydrogen-bond acceptors (Lipinski definition) is 3. The van der Waals surface area contributed by atoms with Crippen molar-refractivity contribution in [1.82, 2.24) is 14.8 Å². The molecular weight excluding hydrogens is 212 g/mol. The molecule has 98 valence electrons. The normalized spacial score (nSPS) is 13.3. The lowest BCUT2D eigenvalue weighted by molar-refractivity contribution is 0.435. The summed E-state index contributed by atoms with van der Waals surface area (Å²) in [6, 6.07) is 0. The zero-order valence-electron chi connectivity index (χ0n) is 11.6. The highest BCUT2D eigenvalue weighted by atomic mass is 15.3. The van der Waals surface area contributed by atoms with E-state index in [0.717, 1.165) is 43.4 Å². The van der Waals surface area contributed by atoms with Crippen molar-refractivity contribution in [1.29, 1.82) is 0 Å². The van der Waals surface area contributed by atoms with Gasteiger partial charge in [-0.3, -0.25) is 4.68 Å². The maximum atomic E-state index is 5.61. The summed E-state index contributed by atoms with van der Waals surface area (Å²) < 4.78 is 1.92. The third-order valence-electron chi connectivity index (χ3n) is 3.31. The van der Waals surface area contributed by atoms with Crippen LogP contribution in [-0.4, -0.2) is 21.3 Å². The van der Waals surface area contributed by atoms with E-state index in [1.165, 1.54) is 6.42 Å². The smallest absolute Gasteiger partial charge is 0.153 e. The Balaban J connectivity index is 2.56. The Morgan fingerprint density at radius 2 is 2.00 bits per heavy atom. The van der Waals surface area contributed by atoms with Crippen LogP contribution in [-0.2, 0) is 13.5 Å². The Labute approximate surface area is 105 Å². The lowest BCUT2D eigenvalue weighted by Crippen LogP contribution is -2.10. The van der Waals surface area contributed by atoms with Gasteiger partial charge in [-0.1, -0.05) is 27.2 Å². The molecule has 1 heterocycles. The van der Waals surface area contributed by atoms with Gasteiger partial charge in [0, 0.05) is 19.4 Å². The second kappa shape index (κ2) is 6.74. The summed E-state index contributed by atoms with van der Waals surface area (Å²) in [5, 5.41) is 4.44. The molecule has 0 aromatic carbocycles. The highest BCUT2D eigenvalue weighted by molar-refractivity contribution is 4.97. The summed E-state index contributed by atoms with van der Waals surface area (Å²) >= 11 is 0. The van der Waals surface area contributed by atoms with E-state index >= 15 is 0 Å². The third kappa shape index (κ3) is 4.11. The molecule has 0 bridgehead atoms. The first-order valence-electron chi connectivity index (χ1n) is 6.68. The zero-order chi connectivity index (χ0) is 12.8. The van der Waals surface area contributed by atoms with Crippen LogP contribution in [0.2, 0.25) is 0 Å². The van der Waals surface area contributed by atoms with Crippen LogP contribution in [0.1, 0.15) is 57.6 Å². The maximum absolute atomic E-state index is 5.61. The van der Waals surface area contributed by atoms with Crippen LogP contribution in [0, 0.1) is 5.92 Å². The Hall–Kier alpha value is -0.900. The largest absolute Gasteiger partial charge is 0.330 e. The van der Waals surface area contributed by atoms with Crippen LogP contribution < -0.4 is 5.73 Å². The second-order valence-corrected chi connectivity index (χ2v) is 5.05. The molecule has 1 atom stereocenters. The molecule has 0 spiro atoms. The van der Waals surface area contributed by atoms with Gasteiger partial charge in [-0.15, -0.1) is 0 Å². The van der Waals surface area contributed by atoms with Crippen LogP contribution >= 0.6 is 0 Å². The Morgan fingerprint density at radius 3 is 2.47 bits per heavy atom. The van der Waals surface area contributed by atoms with E-state index in [4.69, 9.17) is 5.73 Å². The number of aryl methyl sites for hydroxylation is 2. The average molecular weight is 238 g/mol. The van der Waals surface area contributed by atoms with E-state index in [0.29, 0.717) is 5.92 Å². The fourth-order valence-corrected chi connectivity index (χ4v) is 2.02. The van der Waals surface area contributed by atoms with Crippen LogP contribution in [0.3, 0.4) is 0 Å². The van der Waals surface area contributed by atoms with Crippen molar-refractivity contribution in [3.63, 3.8) is 0 Å². The molecule has 4 nitrogen and oxygen atoms in total. The minimum atomic E-state index is 0.404. The second-order valence-electron chi connectivity index (χ2n) is 5.05. The zero-order valence-corrected chi connectivity index (χ0v) is 11.6. The monoisotopic (exact) mass is 238 g/mol. The highest BCUT2D eigenvalue weighted by Gasteiger charge is 2.12. The first kappa shape index (κ1) is 14.2. The minimum absolute atomic E-state index is 0.404. The van der Waals surface area contributed by atoms with E-state index in [1.807, 2.05) is 11.7 Å². The van der Waals surface area contributed by atoms with Gasteiger partial charge in [-0.25, -0.2) is 4.98 Å². The minimum Gasteiger partial charge on any atom is -0.330 e. The summed E-state index contributed by atoms with van der Waals surface area (Å²) in [5.41, 5.74) is 5.61. The third-order valence-corrected chi connectivity index (χ3v) is 3.31. The number of aromatic nitrogens is 3. The standard InChI is InChI=1S/C13H26N4/c1-5-11(8-9-14)6-7-12-15-13(10(2)3)16-17(12)4/h10-11H,5-9,14H2,1-4H3. The molecule has 0 aliphatic heterocycles. The van der Waals surface area contributed by atoms with E-state index < -0.39 is 0 Å². The van der Waals surface area contributed by atoms with Crippen molar-refractivity contribution in [2.24, 2.45) is 18.7 Å². The Morgan fingerprint density at radius 1 is 1.29 bits per heavy atom. The molecule has 0 saturated heterocycles. The van der Waals surface area contributed by atoms with Gasteiger partial charge in [0.15, 0.2) is 5.82 Å². The molecule has 17 heavy (non-hydrogen) atoms. The first-order valence-corrected chi connectivity index (χ1v) is 6.68. The number of hydrogen-bond donors (Lipinski definition) is 1. The molecular formula is C13H26N4. The van der Waals surface area contributed by atoms with Gasteiger partial charge in [0.1, 0.15) is 5.82 Å². The molecule has 1 aromatic rings. The average Bonchev–Trinajstić information content (AvgIpc) is 2.66. The Bertz CT molecular complexity index is 330. The van der Waals surface area contributed by atoms with Gasteiger partial charge < -0.3 is 5.73 Å². The van der Waals surface area contributed by atoms with Gasteiger partial charge in [-0.05, 0) is 25.3 Å². The predicted octanol–water partition coefficient (Wildman–Crippen LogP) is 2.25. The van der Waals surface area contributed by atoms with Crippen LogP contribution in [0.4, 0.5) is 0 Å². The van der Waals surface area contributed by atoms with Gasteiger partial charge in [-0.2, -0.15) is 5.10 Å². The molecule has 1 aromatic heterocycles. The number of nitrogens with two attached hydrogens (primary N) is 1. The lowest BCUT2D eigenvalue weighted by Gasteiger charge is -2.12. The van der Waals surface area contributed by atoms with Crippen molar-refractivity contribution in [2.75, 3.05) is 6.54 Å². The van der Waals surface area contributed by atoms with Crippen molar-refractivity contribution in [2.45, 2.75) is 52.4 Å². The van der Waals surface area contributed by atoms with E-state index in [1.54, 1.807) is 0 Å². The van der Waals surface area contributed by atoms with Crippen molar-refractivity contribution >= 4 is 0 Å². The fraction of sp³-hybridized carbons (Fsp3) is 0.846. The lowest BCUT2D eigenvalue weighted by atomic mass is 9.96. The van der Waals surface area contributed by atoms with Crippen LogP contribution in [0.5, 0.6) is 0 Å². The SMILES string of the molecule is CCC(CCN)CCc1nc(C(C)C)nn1C. The molecule has 0 aliphatic rings. The summed E-state index contributed by atoms with van der Waals surface area (Å²) in [5.74, 6) is 3.18. The van der Waals surface area contributed by atoms with Crippen LogP contribution in [0.25, 0.3) is 0 Å². The molecule has 0 fully saturated rings. The topological polar surface area (TPSA) is 56.7 Å². The molecule has 1 rings (SSSR count). The molecule has 0 saturated carbocycles. The molecule has 1 unspecified atom stereocenters. The molecule has 0 amide bonds.